The molecule has 1 unspecified atom stereocenters. The van der Waals surface area contributed by atoms with E-state index in [2.05, 4.69) is 26.6 Å². The summed E-state index contributed by atoms with van der Waals surface area (Å²) in [4.78, 5) is 22.8. The molecule has 2 rings (SSSR count). The smallest absolute Gasteiger partial charge is 0.253 e. The lowest BCUT2D eigenvalue weighted by molar-refractivity contribution is -0.122. The van der Waals surface area contributed by atoms with Gasteiger partial charge in [0.1, 0.15) is 0 Å². The molecule has 2 N–H and O–H groups in total. The van der Waals surface area contributed by atoms with E-state index in [0.29, 0.717) is 24.9 Å². The summed E-state index contributed by atoms with van der Waals surface area (Å²) in [6.07, 6.45) is 1.19. The summed E-state index contributed by atoms with van der Waals surface area (Å²) in [7, 11) is 0. The number of nitrogens with one attached hydrogen (secondary N) is 2. The Labute approximate surface area is 106 Å². The van der Waals surface area contributed by atoms with Crippen LogP contribution in [-0.4, -0.2) is 24.4 Å². The summed E-state index contributed by atoms with van der Waals surface area (Å²) in [5.41, 5.74) is 0.655. The molecule has 1 saturated heterocycles. The zero-order valence-corrected chi connectivity index (χ0v) is 10.9. The van der Waals surface area contributed by atoms with Gasteiger partial charge in [-0.25, -0.2) is 0 Å². The van der Waals surface area contributed by atoms with E-state index in [1.165, 1.54) is 11.3 Å². The van der Waals surface area contributed by atoms with Crippen LogP contribution in [0.4, 0.5) is 0 Å². The highest BCUT2D eigenvalue weighted by Crippen LogP contribution is 2.21. The molecule has 0 aromatic carbocycles. The predicted molar refractivity (Wildman–Crippen MR) is 65.5 cm³/mol. The summed E-state index contributed by atoms with van der Waals surface area (Å²) in [6, 6.07) is 0.0389. The average molecular weight is 303 g/mol. The van der Waals surface area contributed by atoms with Crippen molar-refractivity contribution in [3.63, 3.8) is 0 Å². The highest BCUT2D eigenvalue weighted by atomic mass is 79.9. The molecule has 1 aromatic heterocycles. The van der Waals surface area contributed by atoms with Crippen molar-refractivity contribution >= 4 is 39.1 Å². The van der Waals surface area contributed by atoms with Crippen LogP contribution in [0, 0.1) is 0 Å². The van der Waals surface area contributed by atoms with Gasteiger partial charge >= 0.3 is 0 Å². The monoisotopic (exact) mass is 302 g/mol. The molecule has 1 fully saturated rings. The third-order valence-corrected chi connectivity index (χ3v) is 4.16. The Kier molecular flexibility index (Phi) is 3.60. The van der Waals surface area contributed by atoms with Crippen molar-refractivity contribution < 1.29 is 9.59 Å². The van der Waals surface area contributed by atoms with Crippen LogP contribution in [0.1, 0.15) is 23.2 Å². The van der Waals surface area contributed by atoms with E-state index in [1.807, 2.05) is 5.38 Å². The zero-order valence-electron chi connectivity index (χ0n) is 8.46. The van der Waals surface area contributed by atoms with Crippen molar-refractivity contribution in [1.29, 1.82) is 0 Å². The standard InChI is InChI=1S/C10H11BrN2O2S/c11-8-5-16-4-7(8)10(15)13-6-1-2-9(14)12-3-6/h4-6H,1-3H2,(H,12,14)(H,13,15). The fourth-order valence-corrected chi connectivity index (χ4v) is 3.02. The van der Waals surface area contributed by atoms with Crippen molar-refractivity contribution in [1.82, 2.24) is 10.6 Å². The molecule has 1 atom stereocenters. The first-order valence-electron chi connectivity index (χ1n) is 4.96. The molecule has 2 amide bonds. The normalized spacial score (nSPS) is 20.3. The van der Waals surface area contributed by atoms with Crippen LogP contribution in [0.3, 0.4) is 0 Å². The second-order valence-electron chi connectivity index (χ2n) is 3.65. The molecule has 0 spiro atoms. The third kappa shape index (κ3) is 2.62. The Morgan fingerprint density at radius 1 is 1.56 bits per heavy atom. The minimum atomic E-state index is -0.0886. The lowest BCUT2D eigenvalue weighted by Gasteiger charge is -2.23. The number of amides is 2. The summed E-state index contributed by atoms with van der Waals surface area (Å²) < 4.78 is 0.815. The lowest BCUT2D eigenvalue weighted by Crippen LogP contribution is -2.47. The summed E-state index contributed by atoms with van der Waals surface area (Å²) >= 11 is 4.80. The van der Waals surface area contributed by atoms with Crippen LogP contribution in [0.15, 0.2) is 15.2 Å². The van der Waals surface area contributed by atoms with Gasteiger partial charge in [-0.15, -0.1) is 0 Å². The van der Waals surface area contributed by atoms with E-state index in [0.717, 1.165) is 4.47 Å². The van der Waals surface area contributed by atoms with Crippen LogP contribution in [0.2, 0.25) is 0 Å². The molecule has 1 aliphatic rings. The molecule has 0 bridgehead atoms. The Morgan fingerprint density at radius 2 is 2.38 bits per heavy atom. The van der Waals surface area contributed by atoms with Crippen LogP contribution in [-0.2, 0) is 4.79 Å². The molecule has 1 aromatic rings. The highest BCUT2D eigenvalue weighted by Gasteiger charge is 2.21. The number of thiophene rings is 1. The molecule has 4 nitrogen and oxygen atoms in total. The Morgan fingerprint density at radius 3 is 2.94 bits per heavy atom. The maximum absolute atomic E-state index is 11.8. The molecule has 16 heavy (non-hydrogen) atoms. The Hall–Kier alpha value is -0.880. The molecule has 0 radical (unpaired) electrons. The first-order valence-corrected chi connectivity index (χ1v) is 6.69. The zero-order chi connectivity index (χ0) is 11.5. The molecule has 2 heterocycles. The molecule has 0 saturated carbocycles. The first-order chi connectivity index (χ1) is 7.66. The second-order valence-corrected chi connectivity index (χ2v) is 5.24. The largest absolute Gasteiger partial charge is 0.354 e. The van der Waals surface area contributed by atoms with Crippen molar-refractivity contribution in [2.24, 2.45) is 0 Å². The van der Waals surface area contributed by atoms with Crippen molar-refractivity contribution in [2.75, 3.05) is 6.54 Å². The highest BCUT2D eigenvalue weighted by molar-refractivity contribution is 9.10. The third-order valence-electron chi connectivity index (χ3n) is 2.46. The van der Waals surface area contributed by atoms with Gasteiger partial charge in [-0.1, -0.05) is 0 Å². The SMILES string of the molecule is O=C1CCC(NC(=O)c2cscc2Br)CN1. The minimum absolute atomic E-state index is 0.0389. The molecule has 6 heteroatoms. The van der Waals surface area contributed by atoms with Crippen LogP contribution in [0.5, 0.6) is 0 Å². The van der Waals surface area contributed by atoms with Crippen LogP contribution < -0.4 is 10.6 Å². The molecular weight excluding hydrogens is 292 g/mol. The predicted octanol–water partition coefficient (Wildman–Crippen LogP) is 1.52. The van der Waals surface area contributed by atoms with Crippen LogP contribution in [0.25, 0.3) is 0 Å². The van der Waals surface area contributed by atoms with Crippen LogP contribution >= 0.6 is 27.3 Å². The van der Waals surface area contributed by atoms with Gasteiger partial charge in [0.25, 0.3) is 5.91 Å². The molecule has 0 aliphatic carbocycles. The first kappa shape index (κ1) is 11.6. The number of hydrogen-bond donors (Lipinski definition) is 2. The van der Waals surface area contributed by atoms with E-state index >= 15 is 0 Å². The van der Waals surface area contributed by atoms with Crippen molar-refractivity contribution in [3.05, 3.63) is 20.8 Å². The number of rotatable bonds is 2. The lowest BCUT2D eigenvalue weighted by atomic mass is 10.1. The van der Waals surface area contributed by atoms with Gasteiger partial charge in [-0.2, -0.15) is 11.3 Å². The van der Waals surface area contributed by atoms with E-state index in [1.54, 1.807) is 5.38 Å². The Balaban J connectivity index is 1.93. The molecule has 1 aliphatic heterocycles. The van der Waals surface area contributed by atoms with Gasteiger partial charge in [0, 0.05) is 34.2 Å². The van der Waals surface area contributed by atoms with E-state index in [9.17, 15) is 9.59 Å². The number of carbonyl (C=O) groups excluding carboxylic acids is 2. The maximum atomic E-state index is 11.8. The summed E-state index contributed by atoms with van der Waals surface area (Å²) in [5, 5.41) is 9.32. The second kappa shape index (κ2) is 4.97. The number of carbonyl (C=O) groups is 2. The maximum Gasteiger partial charge on any atom is 0.253 e. The van der Waals surface area contributed by atoms with E-state index in [4.69, 9.17) is 0 Å². The summed E-state index contributed by atoms with van der Waals surface area (Å²) in [6.45, 7) is 0.520. The van der Waals surface area contributed by atoms with Crippen molar-refractivity contribution in [2.45, 2.75) is 18.9 Å². The van der Waals surface area contributed by atoms with Gasteiger partial charge in [-0.05, 0) is 22.4 Å². The van der Waals surface area contributed by atoms with E-state index < -0.39 is 0 Å². The van der Waals surface area contributed by atoms with Gasteiger partial charge in [0.2, 0.25) is 5.91 Å². The van der Waals surface area contributed by atoms with Gasteiger partial charge < -0.3 is 10.6 Å². The topological polar surface area (TPSA) is 58.2 Å². The van der Waals surface area contributed by atoms with E-state index in [-0.39, 0.29) is 17.9 Å². The summed E-state index contributed by atoms with van der Waals surface area (Å²) in [5.74, 6) is -0.0310. The number of hydrogen-bond acceptors (Lipinski definition) is 3. The minimum Gasteiger partial charge on any atom is -0.354 e. The average Bonchev–Trinajstić information content (AvgIpc) is 2.68. The van der Waals surface area contributed by atoms with Gasteiger partial charge in [-0.3, -0.25) is 9.59 Å². The molecular formula is C10H11BrN2O2S. The number of halogens is 1. The van der Waals surface area contributed by atoms with Crippen molar-refractivity contribution in [3.8, 4) is 0 Å². The quantitative estimate of drug-likeness (QED) is 0.870. The number of piperidine rings is 1. The Bertz CT molecular complexity index is 409. The van der Waals surface area contributed by atoms with Gasteiger partial charge in [0.15, 0.2) is 0 Å². The van der Waals surface area contributed by atoms with Gasteiger partial charge in [0.05, 0.1) is 5.56 Å². The fraction of sp³-hybridized carbons (Fsp3) is 0.400. The fourth-order valence-electron chi connectivity index (χ4n) is 1.56. The molecule has 86 valence electrons.